The molecular formula is C14H20ClN3O4S. The van der Waals surface area contributed by atoms with Crippen LogP contribution in [0.4, 0.5) is 0 Å². The monoisotopic (exact) mass is 361 g/mol. The van der Waals surface area contributed by atoms with Crippen LogP contribution in [0.25, 0.3) is 11.1 Å². The van der Waals surface area contributed by atoms with Gasteiger partial charge in [0, 0.05) is 25.7 Å². The average molecular weight is 362 g/mol. The first-order valence-corrected chi connectivity index (χ1v) is 8.69. The molecule has 23 heavy (non-hydrogen) atoms. The van der Waals surface area contributed by atoms with Gasteiger partial charge in [-0.25, -0.2) is 17.9 Å². The molecule has 128 valence electrons. The lowest BCUT2D eigenvalue weighted by atomic mass is 9.96. The van der Waals surface area contributed by atoms with Crippen molar-refractivity contribution in [1.29, 1.82) is 0 Å². The Morgan fingerprint density at radius 2 is 2.13 bits per heavy atom. The number of hydrogen-bond acceptors (Lipinski definition) is 5. The number of rotatable bonds is 3. The Labute approximate surface area is 140 Å². The maximum atomic E-state index is 12.5. The maximum absolute atomic E-state index is 12.5. The van der Waals surface area contributed by atoms with Crippen molar-refractivity contribution in [2.24, 2.45) is 13.0 Å². The predicted molar refractivity (Wildman–Crippen MR) is 89.5 cm³/mol. The van der Waals surface area contributed by atoms with Crippen molar-refractivity contribution in [2.75, 3.05) is 13.1 Å². The van der Waals surface area contributed by atoms with Crippen LogP contribution in [-0.2, 0) is 17.1 Å². The molecule has 9 heteroatoms. The van der Waals surface area contributed by atoms with E-state index in [0.29, 0.717) is 12.1 Å². The second-order valence-corrected chi connectivity index (χ2v) is 7.47. The number of sulfonamides is 1. The summed E-state index contributed by atoms with van der Waals surface area (Å²) in [5, 5.41) is 3.19. The van der Waals surface area contributed by atoms with Crippen molar-refractivity contribution < 1.29 is 12.8 Å². The molecule has 2 heterocycles. The minimum Gasteiger partial charge on any atom is -0.408 e. The molecule has 0 bridgehead atoms. The highest BCUT2D eigenvalue weighted by Gasteiger charge is 2.27. The van der Waals surface area contributed by atoms with Crippen molar-refractivity contribution in [1.82, 2.24) is 14.6 Å². The topological polar surface area (TPSA) is 93.3 Å². The summed E-state index contributed by atoms with van der Waals surface area (Å²) in [6.07, 6.45) is 0.930. The Morgan fingerprint density at radius 1 is 1.39 bits per heavy atom. The lowest BCUT2D eigenvalue weighted by Crippen LogP contribution is -2.50. The van der Waals surface area contributed by atoms with E-state index < -0.39 is 15.8 Å². The maximum Gasteiger partial charge on any atom is 0.419 e. The summed E-state index contributed by atoms with van der Waals surface area (Å²) < 4.78 is 34.2. The van der Waals surface area contributed by atoms with Gasteiger partial charge in [-0.1, -0.05) is 6.92 Å². The van der Waals surface area contributed by atoms with Gasteiger partial charge in [-0.3, -0.25) is 4.57 Å². The number of benzene rings is 1. The number of piperidine rings is 1. The van der Waals surface area contributed by atoms with Crippen molar-refractivity contribution >= 4 is 33.5 Å². The summed E-state index contributed by atoms with van der Waals surface area (Å²) in [7, 11) is -2.07. The summed E-state index contributed by atoms with van der Waals surface area (Å²) in [4.78, 5) is 11.6. The van der Waals surface area contributed by atoms with Crippen molar-refractivity contribution in [3.63, 3.8) is 0 Å². The summed E-state index contributed by atoms with van der Waals surface area (Å²) in [6.45, 7) is 3.55. The highest BCUT2D eigenvalue weighted by molar-refractivity contribution is 7.89. The molecule has 0 aliphatic carbocycles. The Balaban J connectivity index is 0.00000192. The third-order valence-electron chi connectivity index (χ3n) is 4.21. The fourth-order valence-corrected chi connectivity index (χ4v) is 4.06. The molecular weight excluding hydrogens is 342 g/mol. The Hall–Kier alpha value is -1.35. The van der Waals surface area contributed by atoms with E-state index >= 15 is 0 Å². The first kappa shape index (κ1) is 18.0. The van der Waals surface area contributed by atoms with Gasteiger partial charge in [0.25, 0.3) is 0 Å². The Bertz CT molecular complexity index is 859. The van der Waals surface area contributed by atoms with Gasteiger partial charge in [-0.15, -0.1) is 12.4 Å². The van der Waals surface area contributed by atoms with Gasteiger partial charge in [-0.2, -0.15) is 0 Å². The van der Waals surface area contributed by atoms with E-state index in [1.165, 1.54) is 16.7 Å². The molecule has 2 atom stereocenters. The molecule has 0 amide bonds. The summed E-state index contributed by atoms with van der Waals surface area (Å²) in [5.74, 6) is -0.239. The summed E-state index contributed by atoms with van der Waals surface area (Å²) in [6, 6.07) is 4.31. The molecule has 0 saturated carbocycles. The Morgan fingerprint density at radius 3 is 2.83 bits per heavy atom. The molecule has 2 N–H and O–H groups in total. The fraction of sp³-hybridized carbons (Fsp3) is 0.500. The third-order valence-corrected chi connectivity index (χ3v) is 5.70. The zero-order valence-corrected chi connectivity index (χ0v) is 14.5. The van der Waals surface area contributed by atoms with Crippen LogP contribution in [0.15, 0.2) is 32.3 Å². The van der Waals surface area contributed by atoms with E-state index in [9.17, 15) is 13.2 Å². The van der Waals surface area contributed by atoms with Crippen LogP contribution < -0.4 is 15.8 Å². The number of hydrogen-bond donors (Lipinski definition) is 2. The number of nitrogens with zero attached hydrogens (tertiary/aromatic N) is 1. The fourth-order valence-electron chi connectivity index (χ4n) is 2.70. The van der Waals surface area contributed by atoms with E-state index in [4.69, 9.17) is 4.42 Å². The van der Waals surface area contributed by atoms with Crippen LogP contribution in [-0.4, -0.2) is 32.1 Å². The Kier molecular flexibility index (Phi) is 5.20. The molecule has 1 aliphatic heterocycles. The second kappa shape index (κ2) is 6.64. The van der Waals surface area contributed by atoms with E-state index in [2.05, 4.69) is 10.0 Å². The predicted octanol–water partition coefficient (Wildman–Crippen LogP) is 0.830. The molecule has 1 fully saturated rings. The van der Waals surface area contributed by atoms with E-state index in [1.54, 1.807) is 13.1 Å². The normalized spacial score (nSPS) is 22.0. The zero-order chi connectivity index (χ0) is 15.9. The van der Waals surface area contributed by atoms with Gasteiger partial charge < -0.3 is 9.73 Å². The number of aromatic nitrogens is 1. The van der Waals surface area contributed by atoms with Crippen molar-refractivity contribution in [3.05, 3.63) is 28.7 Å². The number of nitrogens with one attached hydrogen (secondary N) is 2. The van der Waals surface area contributed by atoms with Crippen LogP contribution in [0.5, 0.6) is 0 Å². The summed E-state index contributed by atoms with van der Waals surface area (Å²) >= 11 is 0. The van der Waals surface area contributed by atoms with Crippen LogP contribution >= 0.6 is 12.4 Å². The van der Waals surface area contributed by atoms with Crippen LogP contribution in [0, 0.1) is 5.92 Å². The van der Waals surface area contributed by atoms with Crippen molar-refractivity contribution in [3.8, 4) is 0 Å². The molecule has 7 nitrogen and oxygen atoms in total. The van der Waals surface area contributed by atoms with E-state index in [1.807, 2.05) is 6.92 Å². The van der Waals surface area contributed by atoms with Gasteiger partial charge in [0.05, 0.1) is 10.4 Å². The van der Waals surface area contributed by atoms with Crippen LogP contribution in [0.3, 0.4) is 0 Å². The number of aryl methyl sites for hydroxylation is 1. The third kappa shape index (κ3) is 3.45. The quantitative estimate of drug-likeness (QED) is 0.844. The first-order chi connectivity index (χ1) is 10.4. The van der Waals surface area contributed by atoms with Crippen LogP contribution in [0.1, 0.15) is 13.3 Å². The number of halogens is 1. The van der Waals surface area contributed by atoms with E-state index in [0.717, 1.165) is 13.0 Å². The van der Waals surface area contributed by atoms with Gasteiger partial charge in [-0.05, 0) is 31.0 Å². The molecule has 0 radical (unpaired) electrons. The van der Waals surface area contributed by atoms with Crippen LogP contribution in [0.2, 0.25) is 0 Å². The lowest BCUT2D eigenvalue weighted by molar-refractivity contribution is 0.327. The first-order valence-electron chi connectivity index (χ1n) is 7.21. The SMILES string of the molecule is CC1CCNCC1NS(=O)(=O)c1ccc2c(c1)oc(=O)n2C.Cl. The van der Waals surface area contributed by atoms with Gasteiger partial charge >= 0.3 is 5.76 Å². The van der Waals surface area contributed by atoms with E-state index in [-0.39, 0.29) is 34.8 Å². The smallest absolute Gasteiger partial charge is 0.408 e. The minimum absolute atomic E-state index is 0. The largest absolute Gasteiger partial charge is 0.419 e. The minimum atomic E-state index is -3.65. The molecule has 1 aromatic heterocycles. The second-order valence-electron chi connectivity index (χ2n) is 5.75. The standard InChI is InChI=1S/C14H19N3O4S.ClH/c1-9-5-6-15-8-11(9)16-22(19,20)10-3-4-12-13(7-10)21-14(18)17(12)2;/h3-4,7,9,11,15-16H,5-6,8H2,1-2H3;1H. The van der Waals surface area contributed by atoms with Gasteiger partial charge in [0.1, 0.15) is 0 Å². The molecule has 1 saturated heterocycles. The number of fused-ring (bicyclic) bond motifs is 1. The highest BCUT2D eigenvalue weighted by atomic mass is 35.5. The van der Waals surface area contributed by atoms with Gasteiger partial charge in [0.15, 0.2) is 5.58 Å². The average Bonchev–Trinajstić information content (AvgIpc) is 2.76. The lowest BCUT2D eigenvalue weighted by Gasteiger charge is -2.29. The summed E-state index contributed by atoms with van der Waals surface area (Å²) in [5.41, 5.74) is 0.835. The molecule has 2 unspecified atom stereocenters. The molecule has 0 spiro atoms. The number of oxazole rings is 1. The van der Waals surface area contributed by atoms with Crippen molar-refractivity contribution in [2.45, 2.75) is 24.3 Å². The molecule has 1 aromatic carbocycles. The highest BCUT2D eigenvalue weighted by Crippen LogP contribution is 2.20. The molecule has 2 aromatic rings. The van der Waals surface area contributed by atoms with Gasteiger partial charge in [0.2, 0.25) is 10.0 Å². The molecule has 1 aliphatic rings. The zero-order valence-electron chi connectivity index (χ0n) is 12.9. The molecule has 3 rings (SSSR count).